The van der Waals surface area contributed by atoms with E-state index in [0.717, 1.165) is 44.5 Å². The molecule has 2 aromatic heterocycles. The molecule has 32 heavy (non-hydrogen) atoms. The summed E-state index contributed by atoms with van der Waals surface area (Å²) in [7, 11) is 0. The van der Waals surface area contributed by atoms with Gasteiger partial charge in [0.15, 0.2) is 5.88 Å². The molecule has 2 heterocycles. The van der Waals surface area contributed by atoms with E-state index in [0.29, 0.717) is 6.54 Å². The van der Waals surface area contributed by atoms with E-state index in [4.69, 9.17) is 4.74 Å². The average molecular weight is 424 g/mol. The van der Waals surface area contributed by atoms with E-state index in [1.807, 2.05) is 84.4 Å². The molecule has 0 bridgehead atoms. The second-order valence-electron chi connectivity index (χ2n) is 7.77. The molecular weight excluding hydrogens is 403 g/mol. The van der Waals surface area contributed by atoms with Gasteiger partial charge in [-0.1, -0.05) is 36.4 Å². The van der Waals surface area contributed by atoms with Gasteiger partial charge in [-0.15, -0.1) is 0 Å². The van der Waals surface area contributed by atoms with E-state index in [1.54, 1.807) is 6.07 Å². The first-order valence-electron chi connectivity index (χ1n) is 10.3. The van der Waals surface area contributed by atoms with Crippen molar-refractivity contribution in [2.75, 3.05) is 0 Å². The highest BCUT2D eigenvalue weighted by Gasteiger charge is 2.13. The van der Waals surface area contributed by atoms with Crippen molar-refractivity contribution < 1.29 is 14.2 Å². The van der Waals surface area contributed by atoms with Crippen molar-refractivity contribution in [3.8, 4) is 28.5 Å². The van der Waals surface area contributed by atoms with Gasteiger partial charge in [-0.2, -0.15) is 4.39 Å². The molecule has 0 aliphatic carbocycles. The summed E-state index contributed by atoms with van der Waals surface area (Å²) in [4.78, 5) is 3.75. The standard InChI is InChI=1S/C27H21FN2O2/c1-18-13-21(20-9-12-25(28)29-15-20)14-22-17-30(27(31)26(18)22)16-19-7-10-24(11-8-19)32-23-5-3-2-4-6-23/h2-15,17,31H,16H2,1H3. The van der Waals surface area contributed by atoms with Crippen LogP contribution in [0.1, 0.15) is 11.1 Å². The van der Waals surface area contributed by atoms with E-state index >= 15 is 0 Å². The van der Waals surface area contributed by atoms with Crippen LogP contribution in [0.25, 0.3) is 21.9 Å². The van der Waals surface area contributed by atoms with Crippen molar-refractivity contribution in [1.29, 1.82) is 0 Å². The number of para-hydroxylation sites is 1. The number of aromatic nitrogens is 2. The molecule has 0 aliphatic rings. The number of fused-ring (bicyclic) bond motifs is 1. The lowest BCUT2D eigenvalue weighted by molar-refractivity contribution is 0.430. The van der Waals surface area contributed by atoms with Crippen LogP contribution < -0.4 is 4.74 Å². The van der Waals surface area contributed by atoms with Gasteiger partial charge in [0.25, 0.3) is 0 Å². The zero-order valence-corrected chi connectivity index (χ0v) is 17.5. The number of benzene rings is 3. The van der Waals surface area contributed by atoms with Crippen molar-refractivity contribution >= 4 is 10.8 Å². The van der Waals surface area contributed by atoms with Gasteiger partial charge in [0, 0.05) is 28.7 Å². The van der Waals surface area contributed by atoms with Crippen molar-refractivity contribution in [1.82, 2.24) is 9.55 Å². The largest absolute Gasteiger partial charge is 0.494 e. The fraction of sp³-hybridized carbons (Fsp3) is 0.0741. The normalized spacial score (nSPS) is 11.1. The molecule has 0 atom stereocenters. The molecule has 5 rings (SSSR count). The second-order valence-corrected chi connectivity index (χ2v) is 7.77. The van der Waals surface area contributed by atoms with E-state index in [9.17, 15) is 9.50 Å². The Hall–Kier alpha value is -4.12. The Kier molecular flexibility index (Phi) is 5.07. The van der Waals surface area contributed by atoms with E-state index in [-0.39, 0.29) is 5.88 Å². The molecule has 5 heteroatoms. The molecule has 0 saturated carbocycles. The number of nitrogens with zero attached hydrogens (tertiary/aromatic N) is 2. The number of ether oxygens (including phenoxy) is 1. The summed E-state index contributed by atoms with van der Waals surface area (Å²) in [5.41, 5.74) is 3.76. The lowest BCUT2D eigenvalue weighted by Gasteiger charge is -2.08. The van der Waals surface area contributed by atoms with Gasteiger partial charge in [0.1, 0.15) is 11.5 Å². The van der Waals surface area contributed by atoms with Crippen LogP contribution in [-0.2, 0) is 6.54 Å². The minimum absolute atomic E-state index is 0.228. The molecule has 1 N–H and O–H groups in total. The van der Waals surface area contributed by atoms with Gasteiger partial charge in [0.05, 0.1) is 6.54 Å². The zero-order chi connectivity index (χ0) is 22.1. The fourth-order valence-corrected chi connectivity index (χ4v) is 3.91. The third-order valence-electron chi connectivity index (χ3n) is 5.47. The Morgan fingerprint density at radius 3 is 2.38 bits per heavy atom. The molecule has 5 aromatic rings. The minimum atomic E-state index is -0.504. The quantitative estimate of drug-likeness (QED) is 0.320. The topological polar surface area (TPSA) is 47.3 Å². The predicted molar refractivity (Wildman–Crippen MR) is 124 cm³/mol. The molecule has 0 fully saturated rings. The summed E-state index contributed by atoms with van der Waals surface area (Å²) in [6, 6.07) is 24.5. The maximum absolute atomic E-state index is 13.2. The number of aryl methyl sites for hydroxylation is 1. The Bertz CT molecular complexity index is 1380. The Balaban J connectivity index is 1.41. The molecule has 0 unspecified atom stereocenters. The SMILES string of the molecule is Cc1cc(-c2ccc(F)nc2)cc2cn(Cc3ccc(Oc4ccccc4)cc3)c(O)c12. The maximum Gasteiger partial charge on any atom is 0.212 e. The second kappa shape index (κ2) is 8.19. The van der Waals surface area contributed by atoms with Crippen molar-refractivity contribution in [2.24, 2.45) is 0 Å². The van der Waals surface area contributed by atoms with Crippen LogP contribution in [0.2, 0.25) is 0 Å². The molecule has 0 amide bonds. The molecule has 3 aromatic carbocycles. The van der Waals surface area contributed by atoms with Gasteiger partial charge in [-0.05, 0) is 66.1 Å². The number of halogens is 1. The number of rotatable bonds is 5. The van der Waals surface area contributed by atoms with Crippen molar-refractivity contribution in [3.05, 3.63) is 108 Å². The fourth-order valence-electron chi connectivity index (χ4n) is 3.91. The molecule has 0 aliphatic heterocycles. The highest BCUT2D eigenvalue weighted by atomic mass is 19.1. The average Bonchev–Trinajstić information content (AvgIpc) is 3.12. The molecule has 0 saturated heterocycles. The first-order valence-corrected chi connectivity index (χ1v) is 10.3. The van der Waals surface area contributed by atoms with Gasteiger partial charge in [0.2, 0.25) is 5.95 Å². The smallest absolute Gasteiger partial charge is 0.212 e. The van der Waals surface area contributed by atoms with Crippen LogP contribution in [0.15, 0.2) is 91.3 Å². The van der Waals surface area contributed by atoms with Crippen LogP contribution >= 0.6 is 0 Å². The van der Waals surface area contributed by atoms with Crippen LogP contribution in [-0.4, -0.2) is 14.7 Å². The number of pyridine rings is 1. The Labute approximate surface area is 185 Å². The van der Waals surface area contributed by atoms with Crippen LogP contribution in [0.4, 0.5) is 4.39 Å². The highest BCUT2D eigenvalue weighted by molar-refractivity contribution is 5.94. The van der Waals surface area contributed by atoms with Crippen LogP contribution in [0, 0.1) is 12.9 Å². The van der Waals surface area contributed by atoms with E-state index in [2.05, 4.69) is 4.98 Å². The third-order valence-corrected chi connectivity index (χ3v) is 5.47. The molecular formula is C27H21FN2O2. The van der Waals surface area contributed by atoms with E-state index < -0.39 is 5.95 Å². The summed E-state index contributed by atoms with van der Waals surface area (Å²) in [6.07, 6.45) is 3.46. The predicted octanol–water partition coefficient (Wildman–Crippen LogP) is 6.70. The van der Waals surface area contributed by atoms with Crippen LogP contribution in [0.5, 0.6) is 17.4 Å². The van der Waals surface area contributed by atoms with Gasteiger partial charge >= 0.3 is 0 Å². The third kappa shape index (κ3) is 3.93. The molecule has 0 spiro atoms. The van der Waals surface area contributed by atoms with Crippen molar-refractivity contribution in [2.45, 2.75) is 13.5 Å². The summed E-state index contributed by atoms with van der Waals surface area (Å²) in [5, 5.41) is 12.6. The van der Waals surface area contributed by atoms with Crippen molar-refractivity contribution in [3.63, 3.8) is 0 Å². The van der Waals surface area contributed by atoms with Gasteiger partial charge in [-0.3, -0.25) is 0 Å². The van der Waals surface area contributed by atoms with Gasteiger partial charge < -0.3 is 14.4 Å². The zero-order valence-electron chi connectivity index (χ0n) is 17.5. The lowest BCUT2D eigenvalue weighted by Crippen LogP contribution is -1.97. The Morgan fingerprint density at radius 1 is 0.906 bits per heavy atom. The summed E-state index contributed by atoms with van der Waals surface area (Å²) < 4.78 is 20.9. The summed E-state index contributed by atoms with van der Waals surface area (Å²) >= 11 is 0. The molecule has 158 valence electrons. The molecule has 4 nitrogen and oxygen atoms in total. The number of aromatic hydroxyl groups is 1. The summed E-state index contributed by atoms with van der Waals surface area (Å²) in [6.45, 7) is 2.49. The monoisotopic (exact) mass is 424 g/mol. The minimum Gasteiger partial charge on any atom is -0.494 e. The summed E-state index contributed by atoms with van der Waals surface area (Å²) in [5.74, 6) is 1.27. The van der Waals surface area contributed by atoms with E-state index in [1.165, 1.54) is 12.3 Å². The first-order chi connectivity index (χ1) is 15.6. The molecule has 0 radical (unpaired) electrons. The number of hydrogen-bond donors (Lipinski definition) is 1. The Morgan fingerprint density at radius 2 is 1.66 bits per heavy atom. The maximum atomic E-state index is 13.2. The first kappa shape index (κ1) is 19.8. The number of hydrogen-bond acceptors (Lipinski definition) is 3. The lowest BCUT2D eigenvalue weighted by atomic mass is 10.0. The highest BCUT2D eigenvalue weighted by Crippen LogP contribution is 2.35. The van der Waals surface area contributed by atoms with Crippen LogP contribution in [0.3, 0.4) is 0 Å². The van der Waals surface area contributed by atoms with Gasteiger partial charge in [-0.25, -0.2) is 4.98 Å².